The number of unbranched alkanes of at least 4 members (excludes halogenated alkanes) is 41. The highest BCUT2D eigenvalue weighted by Gasteiger charge is 2.19. The molecule has 0 aromatic rings. The highest BCUT2D eigenvalue weighted by Crippen LogP contribution is 2.17. The van der Waals surface area contributed by atoms with Gasteiger partial charge in [-0.3, -0.25) is 14.4 Å². The van der Waals surface area contributed by atoms with E-state index in [4.69, 9.17) is 14.2 Å². The fraction of sp³-hybridized carbons (Fsp3) is 0.817. The second kappa shape index (κ2) is 65.6. The minimum absolute atomic E-state index is 0.0750. The molecule has 0 N–H and O–H groups in total. The van der Waals surface area contributed by atoms with Gasteiger partial charge in [-0.2, -0.15) is 0 Å². The molecule has 6 heteroatoms. The average Bonchev–Trinajstić information content (AvgIpc) is 3.43. The Morgan fingerprint density at radius 3 is 0.740 bits per heavy atom. The van der Waals surface area contributed by atoms with E-state index in [2.05, 4.69) is 81.5 Å². The molecular weight excluding hydrogens is 949 g/mol. The minimum Gasteiger partial charge on any atom is -0.462 e. The van der Waals surface area contributed by atoms with E-state index in [0.717, 1.165) is 83.5 Å². The van der Waals surface area contributed by atoms with Crippen molar-refractivity contribution in [1.82, 2.24) is 0 Å². The number of rotatable bonds is 62. The highest BCUT2D eigenvalue weighted by molar-refractivity contribution is 5.71. The van der Waals surface area contributed by atoms with Gasteiger partial charge < -0.3 is 14.2 Å². The molecule has 0 fully saturated rings. The molecule has 0 aromatic heterocycles. The summed E-state index contributed by atoms with van der Waals surface area (Å²) >= 11 is 0. The van der Waals surface area contributed by atoms with E-state index in [1.165, 1.54) is 231 Å². The largest absolute Gasteiger partial charge is 0.462 e. The zero-order valence-corrected chi connectivity index (χ0v) is 51.5. The summed E-state index contributed by atoms with van der Waals surface area (Å²) < 4.78 is 17.0. The lowest BCUT2D eigenvalue weighted by molar-refractivity contribution is -0.167. The monoisotopic (exact) mass is 1080 g/mol. The van der Waals surface area contributed by atoms with Crippen LogP contribution in [-0.4, -0.2) is 37.2 Å². The highest BCUT2D eigenvalue weighted by atomic mass is 16.6. The summed E-state index contributed by atoms with van der Waals surface area (Å²) in [6.07, 6.45) is 83.7. The molecule has 77 heavy (non-hydrogen) atoms. The molecule has 0 aliphatic rings. The first-order chi connectivity index (χ1) is 38.0. The number of hydrogen-bond donors (Lipinski definition) is 0. The number of esters is 3. The standard InChI is InChI=1S/C71H128O6/c1-4-7-10-13-16-19-22-25-28-31-33-34-35-36-37-38-39-41-43-46-49-52-55-58-61-64-70(73)76-67-68(66-75-69(72)63-60-57-54-51-48-45-42-30-27-24-21-18-15-12-9-6-3)77-71(74)65-62-59-56-53-50-47-44-40-32-29-26-23-20-17-14-11-8-5-2/h20,22-23,25,29,31-33,35-36,68H,4-19,21,24,26-28,30,34,37-67H2,1-3H3/b23-20-,25-22-,32-29-,33-31-,36-35-. The maximum absolute atomic E-state index is 12.9. The summed E-state index contributed by atoms with van der Waals surface area (Å²) in [7, 11) is 0. The topological polar surface area (TPSA) is 78.9 Å². The summed E-state index contributed by atoms with van der Waals surface area (Å²) in [4.78, 5) is 38.4. The van der Waals surface area contributed by atoms with E-state index in [1.807, 2.05) is 0 Å². The zero-order chi connectivity index (χ0) is 55.7. The van der Waals surface area contributed by atoms with Gasteiger partial charge in [0.25, 0.3) is 0 Å². The lowest BCUT2D eigenvalue weighted by Crippen LogP contribution is -2.30. The quantitative estimate of drug-likeness (QED) is 0.0261. The van der Waals surface area contributed by atoms with Gasteiger partial charge in [0.05, 0.1) is 0 Å². The normalized spacial score (nSPS) is 12.4. The Morgan fingerprint density at radius 2 is 0.468 bits per heavy atom. The summed E-state index contributed by atoms with van der Waals surface area (Å²) in [5, 5.41) is 0. The first-order valence-corrected chi connectivity index (χ1v) is 33.8. The van der Waals surface area contributed by atoms with Crippen molar-refractivity contribution in [2.45, 2.75) is 361 Å². The van der Waals surface area contributed by atoms with Gasteiger partial charge in [0.15, 0.2) is 6.10 Å². The molecule has 1 atom stereocenters. The maximum Gasteiger partial charge on any atom is 0.306 e. The van der Waals surface area contributed by atoms with Crippen molar-refractivity contribution in [3.8, 4) is 0 Å². The third-order valence-electron chi connectivity index (χ3n) is 15.0. The van der Waals surface area contributed by atoms with E-state index in [0.29, 0.717) is 19.3 Å². The fourth-order valence-corrected chi connectivity index (χ4v) is 9.89. The molecular formula is C71H128O6. The van der Waals surface area contributed by atoms with E-state index in [1.54, 1.807) is 0 Å². The fourth-order valence-electron chi connectivity index (χ4n) is 9.89. The van der Waals surface area contributed by atoms with Crippen molar-refractivity contribution in [3.63, 3.8) is 0 Å². The predicted octanol–water partition coefficient (Wildman–Crippen LogP) is 23.1. The number of carbonyl (C=O) groups is 3. The Hall–Kier alpha value is -2.89. The van der Waals surface area contributed by atoms with Gasteiger partial charge in [0, 0.05) is 19.3 Å². The molecule has 0 aromatic carbocycles. The van der Waals surface area contributed by atoms with Crippen molar-refractivity contribution in [2.75, 3.05) is 13.2 Å². The van der Waals surface area contributed by atoms with E-state index in [-0.39, 0.29) is 31.1 Å². The Morgan fingerprint density at radius 1 is 0.260 bits per heavy atom. The smallest absolute Gasteiger partial charge is 0.306 e. The van der Waals surface area contributed by atoms with Crippen LogP contribution in [0.25, 0.3) is 0 Å². The summed E-state index contributed by atoms with van der Waals surface area (Å²) in [6.45, 7) is 6.66. The average molecular weight is 1080 g/mol. The molecule has 1 unspecified atom stereocenters. The molecule has 0 heterocycles. The van der Waals surface area contributed by atoms with Crippen molar-refractivity contribution in [1.29, 1.82) is 0 Å². The SMILES string of the molecule is CCCCCC/C=C\C/C=C\CCCCCCCCCC(=O)OC(COC(=O)CCCCCCCCCCCC/C=C\C/C=C\C/C=C\CCCCCCC)COC(=O)CCCCCCCCCCCCCCCCCC. The first kappa shape index (κ1) is 74.1. The van der Waals surface area contributed by atoms with Crippen LogP contribution in [0.4, 0.5) is 0 Å². The molecule has 6 nitrogen and oxygen atoms in total. The molecule has 0 radical (unpaired) electrons. The first-order valence-electron chi connectivity index (χ1n) is 33.8. The van der Waals surface area contributed by atoms with Gasteiger partial charge in [0.1, 0.15) is 13.2 Å². The van der Waals surface area contributed by atoms with Gasteiger partial charge in [0.2, 0.25) is 0 Å². The number of allylic oxidation sites excluding steroid dienone is 10. The minimum atomic E-state index is -0.780. The third-order valence-corrected chi connectivity index (χ3v) is 15.0. The van der Waals surface area contributed by atoms with Crippen LogP contribution < -0.4 is 0 Å². The van der Waals surface area contributed by atoms with Crippen LogP contribution in [0.5, 0.6) is 0 Å². The Labute approximate surface area is 479 Å². The molecule has 0 saturated heterocycles. The van der Waals surface area contributed by atoms with E-state index in [9.17, 15) is 14.4 Å². The predicted molar refractivity (Wildman–Crippen MR) is 335 cm³/mol. The number of carbonyl (C=O) groups excluding carboxylic acids is 3. The summed E-state index contributed by atoms with van der Waals surface area (Å²) in [5.74, 6) is -0.865. The second-order valence-corrected chi connectivity index (χ2v) is 22.7. The van der Waals surface area contributed by atoms with Crippen LogP contribution >= 0.6 is 0 Å². The van der Waals surface area contributed by atoms with Crippen LogP contribution in [0.3, 0.4) is 0 Å². The molecule has 0 aliphatic heterocycles. The second-order valence-electron chi connectivity index (χ2n) is 22.7. The van der Waals surface area contributed by atoms with Crippen LogP contribution in [0.1, 0.15) is 355 Å². The molecule has 0 amide bonds. The number of ether oxygens (including phenoxy) is 3. The summed E-state index contributed by atoms with van der Waals surface area (Å²) in [6, 6.07) is 0. The molecule has 0 aliphatic carbocycles. The third kappa shape index (κ3) is 63.8. The van der Waals surface area contributed by atoms with Crippen LogP contribution in [-0.2, 0) is 28.6 Å². The maximum atomic E-state index is 12.9. The van der Waals surface area contributed by atoms with Crippen molar-refractivity contribution in [2.24, 2.45) is 0 Å². The lowest BCUT2D eigenvalue weighted by atomic mass is 10.0. The molecule has 0 spiro atoms. The molecule has 0 saturated carbocycles. The number of hydrogen-bond acceptors (Lipinski definition) is 6. The lowest BCUT2D eigenvalue weighted by Gasteiger charge is -2.18. The summed E-state index contributed by atoms with van der Waals surface area (Å²) in [5.41, 5.74) is 0. The van der Waals surface area contributed by atoms with Gasteiger partial charge in [-0.05, 0) is 89.9 Å². The van der Waals surface area contributed by atoms with Crippen molar-refractivity contribution in [3.05, 3.63) is 60.8 Å². The van der Waals surface area contributed by atoms with Crippen molar-refractivity contribution >= 4 is 17.9 Å². The van der Waals surface area contributed by atoms with Crippen molar-refractivity contribution < 1.29 is 28.6 Å². The Balaban J connectivity index is 4.33. The Bertz CT molecular complexity index is 1380. The molecule has 0 rings (SSSR count). The van der Waals surface area contributed by atoms with Gasteiger partial charge in [-0.1, -0.05) is 306 Å². The Kier molecular flexibility index (Phi) is 63.2. The molecule has 448 valence electrons. The van der Waals surface area contributed by atoms with Gasteiger partial charge >= 0.3 is 17.9 Å². The van der Waals surface area contributed by atoms with Gasteiger partial charge in [-0.25, -0.2) is 0 Å². The van der Waals surface area contributed by atoms with Crippen LogP contribution in [0.2, 0.25) is 0 Å². The van der Waals surface area contributed by atoms with Gasteiger partial charge in [-0.15, -0.1) is 0 Å². The zero-order valence-electron chi connectivity index (χ0n) is 51.5. The van der Waals surface area contributed by atoms with Crippen LogP contribution in [0.15, 0.2) is 60.8 Å². The van der Waals surface area contributed by atoms with E-state index < -0.39 is 6.10 Å². The molecule has 0 bridgehead atoms. The van der Waals surface area contributed by atoms with E-state index >= 15 is 0 Å². The van der Waals surface area contributed by atoms with Crippen LogP contribution in [0, 0.1) is 0 Å².